The first-order valence-electron chi connectivity index (χ1n) is 7.23. The number of amides is 1. The summed E-state index contributed by atoms with van der Waals surface area (Å²) < 4.78 is 0. The number of hydrogen-bond acceptors (Lipinski definition) is 2. The van der Waals surface area contributed by atoms with Gasteiger partial charge in [0.15, 0.2) is 0 Å². The van der Waals surface area contributed by atoms with Crippen LogP contribution in [0.25, 0.3) is 0 Å². The Labute approximate surface area is 128 Å². The Kier molecular flexibility index (Phi) is 7.03. The maximum absolute atomic E-state index is 12.3. The fraction of sp³-hybridized carbons (Fsp3) is 0.562. The minimum absolute atomic E-state index is 0. The number of benzene rings is 1. The average molecular weight is 297 g/mol. The summed E-state index contributed by atoms with van der Waals surface area (Å²) in [6.45, 7) is 3.96. The second-order valence-electron chi connectivity index (χ2n) is 5.31. The Bertz CT molecular complexity index is 436. The van der Waals surface area contributed by atoms with Gasteiger partial charge in [-0.2, -0.15) is 0 Å². The topological polar surface area (TPSA) is 32.3 Å². The lowest BCUT2D eigenvalue weighted by atomic mass is 9.99. The van der Waals surface area contributed by atoms with Crippen LogP contribution < -0.4 is 5.32 Å². The van der Waals surface area contributed by atoms with Crippen LogP contribution in [0.4, 0.5) is 0 Å². The zero-order chi connectivity index (χ0) is 13.7. The van der Waals surface area contributed by atoms with Gasteiger partial charge in [0.2, 0.25) is 5.91 Å². The molecule has 1 amide bonds. The molecule has 1 aromatic carbocycles. The van der Waals surface area contributed by atoms with Crippen molar-refractivity contribution in [2.75, 3.05) is 20.1 Å². The van der Waals surface area contributed by atoms with E-state index in [2.05, 4.69) is 41.4 Å². The molecule has 0 spiro atoms. The largest absolute Gasteiger partial charge is 0.336 e. The number of likely N-dealkylation sites (tertiary alicyclic amines) is 1. The lowest BCUT2D eigenvalue weighted by Crippen LogP contribution is -2.31. The molecule has 0 aliphatic carbocycles. The molecule has 3 nitrogen and oxygen atoms in total. The normalized spacial score (nSPS) is 17.9. The maximum Gasteiger partial charge on any atom is 0.223 e. The fourth-order valence-electron chi connectivity index (χ4n) is 2.91. The van der Waals surface area contributed by atoms with Gasteiger partial charge >= 0.3 is 0 Å². The number of carbonyl (C=O) groups is 1. The molecule has 2 rings (SSSR count). The highest BCUT2D eigenvalue weighted by atomic mass is 35.5. The van der Waals surface area contributed by atoms with E-state index in [0.29, 0.717) is 18.4 Å². The molecule has 0 aromatic heterocycles. The first-order chi connectivity index (χ1) is 9.24. The number of nitrogens with one attached hydrogen (secondary N) is 1. The zero-order valence-corrected chi connectivity index (χ0v) is 13.2. The molecule has 1 aliphatic rings. The molecule has 1 fully saturated rings. The maximum atomic E-state index is 12.3. The van der Waals surface area contributed by atoms with E-state index in [9.17, 15) is 4.79 Å². The summed E-state index contributed by atoms with van der Waals surface area (Å²) in [6.07, 6.45) is 3.80. The number of hydrogen-bond donors (Lipinski definition) is 1. The number of nitrogens with zero attached hydrogens (tertiary/aromatic N) is 1. The molecule has 1 unspecified atom stereocenters. The van der Waals surface area contributed by atoms with Crippen LogP contribution >= 0.6 is 12.4 Å². The predicted octanol–water partition coefficient (Wildman–Crippen LogP) is 3.08. The van der Waals surface area contributed by atoms with Crippen LogP contribution in [-0.2, 0) is 4.79 Å². The molecular formula is C16H25ClN2O. The molecule has 4 heteroatoms. The van der Waals surface area contributed by atoms with Crippen molar-refractivity contribution in [3.63, 3.8) is 0 Å². The van der Waals surface area contributed by atoms with E-state index in [1.807, 2.05) is 7.05 Å². The second kappa shape index (κ2) is 8.28. The van der Waals surface area contributed by atoms with Gasteiger partial charge in [-0.05, 0) is 50.9 Å². The molecule has 1 heterocycles. The van der Waals surface area contributed by atoms with Crippen molar-refractivity contribution in [1.29, 1.82) is 0 Å². The summed E-state index contributed by atoms with van der Waals surface area (Å²) in [6, 6.07) is 8.73. The molecular weight excluding hydrogens is 272 g/mol. The van der Waals surface area contributed by atoms with Gasteiger partial charge in [-0.25, -0.2) is 0 Å². The van der Waals surface area contributed by atoms with Crippen LogP contribution in [0.5, 0.6) is 0 Å². The smallest absolute Gasteiger partial charge is 0.223 e. The van der Waals surface area contributed by atoms with Crippen LogP contribution in [-0.4, -0.2) is 30.9 Å². The monoisotopic (exact) mass is 296 g/mol. The van der Waals surface area contributed by atoms with E-state index in [4.69, 9.17) is 0 Å². The van der Waals surface area contributed by atoms with Gasteiger partial charge in [0.1, 0.15) is 0 Å². The molecule has 0 bridgehead atoms. The molecule has 1 saturated heterocycles. The number of aryl methyl sites for hydroxylation is 1. The fourth-order valence-corrected chi connectivity index (χ4v) is 2.91. The standard InChI is InChI=1S/C16H24N2O.ClH/c1-13-7-3-4-8-14(13)15-9-6-12-18(15)16(19)10-5-11-17-2;/h3-4,7-8,15,17H,5-6,9-12H2,1-2H3;1H. The van der Waals surface area contributed by atoms with Crippen molar-refractivity contribution in [1.82, 2.24) is 10.2 Å². The highest BCUT2D eigenvalue weighted by Crippen LogP contribution is 2.34. The van der Waals surface area contributed by atoms with Gasteiger partial charge in [0, 0.05) is 13.0 Å². The van der Waals surface area contributed by atoms with Crippen molar-refractivity contribution in [2.24, 2.45) is 0 Å². The van der Waals surface area contributed by atoms with Crippen molar-refractivity contribution in [3.05, 3.63) is 35.4 Å². The van der Waals surface area contributed by atoms with Crippen molar-refractivity contribution < 1.29 is 4.79 Å². The molecule has 112 valence electrons. The molecule has 1 aliphatic heterocycles. The highest BCUT2D eigenvalue weighted by molar-refractivity contribution is 5.85. The Hall–Kier alpha value is -1.06. The van der Waals surface area contributed by atoms with Gasteiger partial charge in [0.05, 0.1) is 6.04 Å². The third-order valence-electron chi connectivity index (χ3n) is 3.94. The third-order valence-corrected chi connectivity index (χ3v) is 3.94. The van der Waals surface area contributed by atoms with Gasteiger partial charge in [-0.3, -0.25) is 4.79 Å². The summed E-state index contributed by atoms with van der Waals surface area (Å²) in [7, 11) is 1.93. The molecule has 1 N–H and O–H groups in total. The van der Waals surface area contributed by atoms with E-state index in [-0.39, 0.29) is 12.4 Å². The van der Waals surface area contributed by atoms with Crippen LogP contribution in [0.1, 0.15) is 42.9 Å². The molecule has 0 saturated carbocycles. The van der Waals surface area contributed by atoms with Gasteiger partial charge in [-0.15, -0.1) is 12.4 Å². The Morgan fingerprint density at radius 2 is 2.15 bits per heavy atom. The van der Waals surface area contributed by atoms with Crippen molar-refractivity contribution >= 4 is 18.3 Å². The Balaban J connectivity index is 0.00000200. The molecule has 20 heavy (non-hydrogen) atoms. The second-order valence-corrected chi connectivity index (χ2v) is 5.31. The van der Waals surface area contributed by atoms with Crippen LogP contribution in [0.15, 0.2) is 24.3 Å². The number of rotatable bonds is 5. The molecule has 0 radical (unpaired) electrons. The lowest BCUT2D eigenvalue weighted by molar-refractivity contribution is -0.132. The van der Waals surface area contributed by atoms with Gasteiger partial charge in [0.25, 0.3) is 0 Å². The molecule has 1 aromatic rings. The van der Waals surface area contributed by atoms with Crippen molar-refractivity contribution in [2.45, 2.75) is 38.6 Å². The van der Waals surface area contributed by atoms with E-state index in [1.165, 1.54) is 11.1 Å². The first-order valence-corrected chi connectivity index (χ1v) is 7.23. The van der Waals surface area contributed by atoms with E-state index < -0.39 is 0 Å². The summed E-state index contributed by atoms with van der Waals surface area (Å²) in [5.74, 6) is 0.306. The summed E-state index contributed by atoms with van der Waals surface area (Å²) in [4.78, 5) is 14.4. The first kappa shape index (κ1) is 17.0. The lowest BCUT2D eigenvalue weighted by Gasteiger charge is -2.26. The number of halogens is 1. The van der Waals surface area contributed by atoms with E-state index >= 15 is 0 Å². The Morgan fingerprint density at radius 3 is 2.85 bits per heavy atom. The van der Waals surface area contributed by atoms with E-state index in [0.717, 1.165) is 32.4 Å². The van der Waals surface area contributed by atoms with Crippen LogP contribution in [0, 0.1) is 6.92 Å². The molecule has 1 atom stereocenters. The minimum Gasteiger partial charge on any atom is -0.336 e. The van der Waals surface area contributed by atoms with Crippen molar-refractivity contribution in [3.8, 4) is 0 Å². The van der Waals surface area contributed by atoms with Crippen LogP contribution in [0.2, 0.25) is 0 Å². The minimum atomic E-state index is 0. The highest BCUT2D eigenvalue weighted by Gasteiger charge is 2.29. The quantitative estimate of drug-likeness (QED) is 0.847. The predicted molar refractivity (Wildman–Crippen MR) is 85.3 cm³/mol. The summed E-state index contributed by atoms with van der Waals surface area (Å²) in [5.41, 5.74) is 2.62. The summed E-state index contributed by atoms with van der Waals surface area (Å²) >= 11 is 0. The van der Waals surface area contributed by atoms with Gasteiger partial charge < -0.3 is 10.2 Å². The third kappa shape index (κ3) is 3.97. The SMILES string of the molecule is CNCCCC(=O)N1CCCC1c1ccccc1C.Cl. The summed E-state index contributed by atoms with van der Waals surface area (Å²) in [5, 5.41) is 3.09. The Morgan fingerprint density at radius 1 is 1.40 bits per heavy atom. The number of carbonyl (C=O) groups excluding carboxylic acids is 1. The van der Waals surface area contributed by atoms with Gasteiger partial charge in [-0.1, -0.05) is 24.3 Å². The van der Waals surface area contributed by atoms with E-state index in [1.54, 1.807) is 0 Å². The van der Waals surface area contributed by atoms with Crippen LogP contribution in [0.3, 0.4) is 0 Å². The average Bonchev–Trinajstić information content (AvgIpc) is 2.88. The zero-order valence-electron chi connectivity index (χ0n) is 12.4.